The van der Waals surface area contributed by atoms with Gasteiger partial charge >= 0.3 is 0 Å². The van der Waals surface area contributed by atoms with Crippen LogP contribution in [0.25, 0.3) is 10.8 Å². The standard InChI is InChI=1S/C10H10N2O/c11-10(13)7-12-5-8-3-1-2-4-9(8)6-12/h1-6H,7H2,(H2,11,13). The van der Waals surface area contributed by atoms with E-state index in [0.29, 0.717) is 0 Å². The van der Waals surface area contributed by atoms with Crippen LogP contribution in [0.3, 0.4) is 0 Å². The van der Waals surface area contributed by atoms with Gasteiger partial charge in [-0.15, -0.1) is 0 Å². The third kappa shape index (κ3) is 1.54. The third-order valence-corrected chi connectivity index (χ3v) is 1.94. The van der Waals surface area contributed by atoms with E-state index in [1.54, 1.807) is 4.57 Å². The lowest BCUT2D eigenvalue weighted by Gasteiger charge is -1.94. The molecule has 2 rings (SSSR count). The van der Waals surface area contributed by atoms with Crippen LogP contribution < -0.4 is 5.73 Å². The fourth-order valence-corrected chi connectivity index (χ4v) is 1.41. The number of carbonyl (C=O) groups excluding carboxylic acids is 1. The number of fused-ring (bicyclic) bond motifs is 1. The van der Waals surface area contributed by atoms with E-state index in [0.717, 1.165) is 10.8 Å². The Morgan fingerprint density at radius 1 is 1.23 bits per heavy atom. The molecule has 0 aliphatic rings. The van der Waals surface area contributed by atoms with Gasteiger partial charge in [0, 0.05) is 12.4 Å². The van der Waals surface area contributed by atoms with Gasteiger partial charge in [0.25, 0.3) is 0 Å². The second-order valence-electron chi connectivity index (χ2n) is 3.03. The number of primary amides is 1. The molecule has 0 fully saturated rings. The predicted octanol–water partition coefficient (Wildman–Crippen LogP) is 1.13. The highest BCUT2D eigenvalue weighted by atomic mass is 16.1. The lowest BCUT2D eigenvalue weighted by molar-refractivity contribution is -0.118. The molecule has 0 radical (unpaired) electrons. The van der Waals surface area contributed by atoms with E-state index < -0.39 is 0 Å². The molecule has 0 saturated carbocycles. The van der Waals surface area contributed by atoms with Gasteiger partial charge in [0.2, 0.25) is 5.91 Å². The van der Waals surface area contributed by atoms with E-state index in [-0.39, 0.29) is 12.5 Å². The van der Waals surface area contributed by atoms with Gasteiger partial charge in [0.15, 0.2) is 0 Å². The van der Waals surface area contributed by atoms with E-state index in [1.807, 2.05) is 36.7 Å². The summed E-state index contributed by atoms with van der Waals surface area (Å²) in [5.74, 6) is -0.319. The molecule has 0 saturated heterocycles. The molecule has 1 amide bonds. The molecule has 0 bridgehead atoms. The van der Waals surface area contributed by atoms with Crippen molar-refractivity contribution < 1.29 is 4.79 Å². The van der Waals surface area contributed by atoms with Crippen LogP contribution in [0.1, 0.15) is 0 Å². The maximum atomic E-state index is 10.6. The maximum absolute atomic E-state index is 10.6. The van der Waals surface area contributed by atoms with Crippen LogP contribution in [0.5, 0.6) is 0 Å². The van der Waals surface area contributed by atoms with Crippen molar-refractivity contribution in [2.24, 2.45) is 5.73 Å². The van der Waals surface area contributed by atoms with E-state index in [9.17, 15) is 4.79 Å². The maximum Gasteiger partial charge on any atom is 0.237 e. The number of benzene rings is 1. The first-order chi connectivity index (χ1) is 6.25. The average molecular weight is 174 g/mol. The molecule has 0 aliphatic heterocycles. The Bertz CT molecular complexity index is 412. The second kappa shape index (κ2) is 2.94. The first kappa shape index (κ1) is 7.86. The molecule has 0 aliphatic carbocycles. The van der Waals surface area contributed by atoms with Gasteiger partial charge in [-0.1, -0.05) is 24.3 Å². The number of carbonyl (C=O) groups is 1. The van der Waals surface area contributed by atoms with Crippen LogP contribution in [-0.2, 0) is 11.3 Å². The van der Waals surface area contributed by atoms with Crippen LogP contribution in [-0.4, -0.2) is 10.5 Å². The monoisotopic (exact) mass is 174 g/mol. The van der Waals surface area contributed by atoms with Crippen molar-refractivity contribution in [1.29, 1.82) is 0 Å². The Balaban J connectivity index is 2.44. The summed E-state index contributed by atoms with van der Waals surface area (Å²) in [6, 6.07) is 7.95. The summed E-state index contributed by atoms with van der Waals surface area (Å²) in [5, 5.41) is 2.26. The van der Waals surface area contributed by atoms with Crippen molar-refractivity contribution in [2.75, 3.05) is 0 Å². The normalized spacial score (nSPS) is 10.5. The minimum atomic E-state index is -0.319. The van der Waals surface area contributed by atoms with Gasteiger partial charge in [0.1, 0.15) is 6.54 Å². The summed E-state index contributed by atoms with van der Waals surface area (Å²) in [6.07, 6.45) is 3.83. The number of nitrogens with zero attached hydrogens (tertiary/aromatic N) is 1. The topological polar surface area (TPSA) is 48.0 Å². The lowest BCUT2D eigenvalue weighted by atomic mass is 10.2. The van der Waals surface area contributed by atoms with Crippen molar-refractivity contribution in [1.82, 2.24) is 4.57 Å². The highest BCUT2D eigenvalue weighted by Crippen LogP contribution is 2.13. The van der Waals surface area contributed by atoms with Crippen LogP contribution in [0.15, 0.2) is 36.7 Å². The van der Waals surface area contributed by atoms with E-state index in [4.69, 9.17) is 5.73 Å². The Labute approximate surface area is 75.8 Å². The van der Waals surface area contributed by atoms with Crippen LogP contribution in [0.2, 0.25) is 0 Å². The summed E-state index contributed by atoms with van der Waals surface area (Å²) >= 11 is 0. The molecule has 1 aromatic heterocycles. The van der Waals surface area contributed by atoms with E-state index in [1.165, 1.54) is 0 Å². The predicted molar refractivity (Wildman–Crippen MR) is 51.1 cm³/mol. The zero-order valence-corrected chi connectivity index (χ0v) is 7.10. The first-order valence-corrected chi connectivity index (χ1v) is 4.08. The SMILES string of the molecule is NC(=O)Cn1cc2ccccc2c1. The number of nitrogens with two attached hydrogens (primary N) is 1. The average Bonchev–Trinajstić information content (AvgIpc) is 2.44. The van der Waals surface area contributed by atoms with E-state index >= 15 is 0 Å². The molecule has 0 spiro atoms. The molecule has 0 unspecified atom stereocenters. The molecule has 13 heavy (non-hydrogen) atoms. The summed E-state index contributed by atoms with van der Waals surface area (Å²) in [4.78, 5) is 10.6. The number of hydrogen-bond donors (Lipinski definition) is 1. The minimum Gasteiger partial charge on any atom is -0.368 e. The highest BCUT2D eigenvalue weighted by molar-refractivity contribution is 5.83. The summed E-state index contributed by atoms with van der Waals surface area (Å²) in [6.45, 7) is 0.245. The summed E-state index contributed by atoms with van der Waals surface area (Å²) in [5.41, 5.74) is 5.09. The summed E-state index contributed by atoms with van der Waals surface area (Å²) < 4.78 is 1.80. The van der Waals surface area contributed by atoms with Crippen molar-refractivity contribution >= 4 is 16.7 Å². The number of rotatable bonds is 2. The smallest absolute Gasteiger partial charge is 0.237 e. The van der Waals surface area contributed by atoms with Gasteiger partial charge in [-0.3, -0.25) is 4.79 Å². The number of amides is 1. The number of hydrogen-bond acceptors (Lipinski definition) is 1. The Morgan fingerprint density at radius 2 is 1.77 bits per heavy atom. The van der Waals surface area contributed by atoms with Crippen LogP contribution >= 0.6 is 0 Å². The molecular formula is C10H10N2O. The first-order valence-electron chi connectivity index (χ1n) is 4.08. The molecule has 0 atom stereocenters. The molecule has 3 nitrogen and oxygen atoms in total. The molecule has 1 heterocycles. The fraction of sp³-hybridized carbons (Fsp3) is 0.100. The zero-order chi connectivity index (χ0) is 9.26. The zero-order valence-electron chi connectivity index (χ0n) is 7.10. The minimum absolute atomic E-state index is 0.245. The van der Waals surface area contributed by atoms with Crippen molar-refractivity contribution in [3.8, 4) is 0 Å². The fourth-order valence-electron chi connectivity index (χ4n) is 1.41. The Hall–Kier alpha value is -1.77. The molecular weight excluding hydrogens is 164 g/mol. The van der Waals surface area contributed by atoms with Crippen LogP contribution in [0.4, 0.5) is 0 Å². The van der Waals surface area contributed by atoms with E-state index in [2.05, 4.69) is 0 Å². The molecule has 2 N–H and O–H groups in total. The molecule has 3 heteroatoms. The van der Waals surface area contributed by atoms with Gasteiger partial charge in [-0.05, 0) is 10.8 Å². The van der Waals surface area contributed by atoms with Crippen LogP contribution in [0, 0.1) is 0 Å². The lowest BCUT2D eigenvalue weighted by Crippen LogP contribution is -2.17. The third-order valence-electron chi connectivity index (χ3n) is 1.94. The van der Waals surface area contributed by atoms with Gasteiger partial charge in [0.05, 0.1) is 0 Å². The highest BCUT2D eigenvalue weighted by Gasteiger charge is 1.99. The quantitative estimate of drug-likeness (QED) is 0.728. The molecule has 2 aromatic rings. The van der Waals surface area contributed by atoms with Gasteiger partial charge in [-0.2, -0.15) is 0 Å². The van der Waals surface area contributed by atoms with Gasteiger partial charge in [-0.25, -0.2) is 0 Å². The Kier molecular flexibility index (Phi) is 1.77. The van der Waals surface area contributed by atoms with Gasteiger partial charge < -0.3 is 10.3 Å². The van der Waals surface area contributed by atoms with Crippen molar-refractivity contribution in [3.05, 3.63) is 36.7 Å². The van der Waals surface area contributed by atoms with Crippen molar-refractivity contribution in [3.63, 3.8) is 0 Å². The molecule has 1 aromatic carbocycles. The number of aromatic nitrogens is 1. The van der Waals surface area contributed by atoms with Crippen molar-refractivity contribution in [2.45, 2.75) is 6.54 Å². The summed E-state index contributed by atoms with van der Waals surface area (Å²) in [7, 11) is 0. The largest absolute Gasteiger partial charge is 0.368 e. The molecule has 66 valence electrons. The second-order valence-corrected chi connectivity index (χ2v) is 3.03. The Morgan fingerprint density at radius 3 is 2.23 bits per heavy atom.